The van der Waals surface area contributed by atoms with E-state index in [4.69, 9.17) is 0 Å². The Morgan fingerprint density at radius 3 is 2.84 bits per heavy atom. The number of carbonyl (C=O) groups is 1. The highest BCUT2D eigenvalue weighted by molar-refractivity contribution is 6.01. The summed E-state index contributed by atoms with van der Waals surface area (Å²) in [4.78, 5) is 35.0. The van der Waals surface area contributed by atoms with E-state index in [-0.39, 0.29) is 29.5 Å². The summed E-state index contributed by atoms with van der Waals surface area (Å²) < 4.78 is 27.5. The Bertz CT molecular complexity index is 1430. The Hall–Kier alpha value is -4.01. The summed E-state index contributed by atoms with van der Waals surface area (Å²) >= 11 is 0. The maximum absolute atomic E-state index is 14.0. The lowest BCUT2D eigenvalue weighted by Crippen LogP contribution is -2.22. The molecule has 0 radical (unpaired) electrons. The van der Waals surface area contributed by atoms with Crippen LogP contribution in [0.15, 0.2) is 47.4 Å². The molecule has 1 aliphatic rings. The van der Waals surface area contributed by atoms with E-state index in [0.717, 1.165) is 17.7 Å². The summed E-state index contributed by atoms with van der Waals surface area (Å²) in [5, 5.41) is 5.98. The second-order valence-corrected chi connectivity index (χ2v) is 7.88. The number of fused-ring (bicyclic) bond motifs is 2. The van der Waals surface area contributed by atoms with Crippen LogP contribution in [0.5, 0.6) is 0 Å². The van der Waals surface area contributed by atoms with Crippen LogP contribution < -0.4 is 16.2 Å². The number of aromatic amines is 2. The molecule has 0 spiro atoms. The van der Waals surface area contributed by atoms with E-state index in [1.807, 2.05) is 13.0 Å². The minimum absolute atomic E-state index is 0.148. The van der Waals surface area contributed by atoms with Crippen molar-refractivity contribution in [3.63, 3.8) is 0 Å². The molecule has 9 heteroatoms. The fraction of sp³-hybridized carbons (Fsp3) is 0.174. The van der Waals surface area contributed by atoms with Crippen molar-refractivity contribution in [3.05, 3.63) is 81.3 Å². The molecule has 5 rings (SSSR count). The lowest BCUT2D eigenvalue weighted by Gasteiger charge is -2.17. The van der Waals surface area contributed by atoms with Crippen molar-refractivity contribution in [2.24, 2.45) is 0 Å². The molecule has 0 saturated carbocycles. The first-order valence-corrected chi connectivity index (χ1v) is 10.1. The zero-order chi connectivity index (χ0) is 22.4. The summed E-state index contributed by atoms with van der Waals surface area (Å²) in [6, 6.07) is 8.28. The zero-order valence-corrected chi connectivity index (χ0v) is 17.1. The number of aromatic nitrogens is 3. The highest BCUT2D eigenvalue weighted by Crippen LogP contribution is 2.28. The van der Waals surface area contributed by atoms with Gasteiger partial charge < -0.3 is 20.6 Å². The fourth-order valence-corrected chi connectivity index (χ4v) is 4.03. The number of nitrogens with zero attached hydrogens (tertiary/aromatic N) is 1. The number of rotatable bonds is 5. The van der Waals surface area contributed by atoms with E-state index < -0.39 is 11.6 Å². The number of pyridine rings is 1. The highest BCUT2D eigenvalue weighted by Gasteiger charge is 2.22. The van der Waals surface area contributed by atoms with E-state index in [1.165, 1.54) is 12.3 Å². The quantitative estimate of drug-likeness (QED) is 0.385. The molecule has 2 aromatic heterocycles. The van der Waals surface area contributed by atoms with Gasteiger partial charge in [-0.1, -0.05) is 0 Å². The van der Waals surface area contributed by atoms with Crippen molar-refractivity contribution >= 4 is 22.6 Å². The van der Waals surface area contributed by atoms with E-state index >= 15 is 0 Å². The first-order valence-electron chi connectivity index (χ1n) is 10.1. The molecule has 1 unspecified atom stereocenters. The molecule has 0 bridgehead atoms. The van der Waals surface area contributed by atoms with E-state index in [0.29, 0.717) is 40.2 Å². The number of carbonyl (C=O) groups excluding carboxylic acids is 1. The summed E-state index contributed by atoms with van der Waals surface area (Å²) in [5.74, 6) is -0.795. The van der Waals surface area contributed by atoms with Gasteiger partial charge in [-0.2, -0.15) is 0 Å². The maximum Gasteiger partial charge on any atom is 0.261 e. The summed E-state index contributed by atoms with van der Waals surface area (Å²) in [6.07, 6.45) is 1.73. The molecular formula is C23H19F2N5O2. The molecule has 1 amide bonds. The molecule has 0 aliphatic carbocycles. The molecule has 1 atom stereocenters. The number of hydrogen-bond acceptors (Lipinski definition) is 4. The molecule has 0 saturated heterocycles. The van der Waals surface area contributed by atoms with Crippen LogP contribution >= 0.6 is 0 Å². The Kier molecular flexibility index (Phi) is 4.73. The fourth-order valence-electron chi connectivity index (χ4n) is 4.03. The van der Waals surface area contributed by atoms with Crippen molar-refractivity contribution in [1.29, 1.82) is 0 Å². The van der Waals surface area contributed by atoms with Crippen LogP contribution in [0.3, 0.4) is 0 Å². The van der Waals surface area contributed by atoms with Gasteiger partial charge in [0.15, 0.2) is 0 Å². The van der Waals surface area contributed by atoms with Crippen molar-refractivity contribution in [2.45, 2.75) is 25.9 Å². The minimum Gasteiger partial charge on any atom is -0.381 e. The predicted molar refractivity (Wildman–Crippen MR) is 116 cm³/mol. The summed E-state index contributed by atoms with van der Waals surface area (Å²) in [6.45, 7) is 2.27. The van der Waals surface area contributed by atoms with Gasteiger partial charge in [0.25, 0.3) is 11.5 Å². The monoisotopic (exact) mass is 435 g/mol. The standard InChI is InChI=1S/C23H19F2N5O2/c1-11(6-12-7-14(24)2-3-16(12)25)28-17-4-5-26-23(32)20(17)21-29-18-8-13-10-27-22(31)15(13)9-19(18)30-21/h2-5,7-9,11H,6,10H2,1H3,(H,27,31)(H,29,30)(H2,26,28,32). The number of amides is 1. The lowest BCUT2D eigenvalue weighted by atomic mass is 10.1. The Balaban J connectivity index is 1.49. The van der Waals surface area contributed by atoms with Gasteiger partial charge in [-0.05, 0) is 60.9 Å². The van der Waals surface area contributed by atoms with Crippen molar-refractivity contribution < 1.29 is 13.6 Å². The molecule has 1 aliphatic heterocycles. The zero-order valence-electron chi connectivity index (χ0n) is 17.1. The van der Waals surface area contributed by atoms with Crippen LogP contribution in [0.2, 0.25) is 0 Å². The smallest absolute Gasteiger partial charge is 0.261 e. The number of nitrogens with one attached hydrogen (secondary N) is 4. The number of benzene rings is 2. The van der Waals surface area contributed by atoms with Crippen LogP contribution in [-0.4, -0.2) is 26.9 Å². The molecule has 3 heterocycles. The van der Waals surface area contributed by atoms with Gasteiger partial charge in [-0.15, -0.1) is 0 Å². The maximum atomic E-state index is 14.0. The molecule has 32 heavy (non-hydrogen) atoms. The Labute approximate surface area is 180 Å². The first kappa shape index (κ1) is 19.9. The van der Waals surface area contributed by atoms with E-state index in [9.17, 15) is 18.4 Å². The molecule has 4 N–H and O–H groups in total. The SMILES string of the molecule is CC(Cc1cc(F)ccc1F)Nc1cc[nH]c(=O)c1-c1nc2cc3c(cc2[nH]1)CNC3=O. The van der Waals surface area contributed by atoms with Gasteiger partial charge >= 0.3 is 0 Å². The average molecular weight is 435 g/mol. The van der Waals surface area contributed by atoms with E-state index in [1.54, 1.807) is 12.1 Å². The van der Waals surface area contributed by atoms with Gasteiger partial charge in [0.05, 0.1) is 16.7 Å². The summed E-state index contributed by atoms with van der Waals surface area (Å²) in [5.41, 5.74) is 3.39. The topological polar surface area (TPSA) is 103 Å². The summed E-state index contributed by atoms with van der Waals surface area (Å²) in [7, 11) is 0. The van der Waals surface area contributed by atoms with Crippen LogP contribution in [0.4, 0.5) is 14.5 Å². The number of anilines is 1. The van der Waals surface area contributed by atoms with Crippen LogP contribution in [0.25, 0.3) is 22.4 Å². The lowest BCUT2D eigenvalue weighted by molar-refractivity contribution is 0.0966. The number of hydrogen-bond donors (Lipinski definition) is 4. The normalized spacial score (nSPS) is 13.8. The first-order chi connectivity index (χ1) is 15.4. The van der Waals surface area contributed by atoms with Crippen LogP contribution in [-0.2, 0) is 13.0 Å². The third kappa shape index (κ3) is 3.51. The van der Waals surface area contributed by atoms with Gasteiger partial charge in [0.1, 0.15) is 23.0 Å². The third-order valence-corrected chi connectivity index (χ3v) is 5.52. The van der Waals surface area contributed by atoms with E-state index in [2.05, 4.69) is 25.6 Å². The van der Waals surface area contributed by atoms with Crippen LogP contribution in [0.1, 0.15) is 28.4 Å². The second kappa shape index (κ2) is 7.60. The Morgan fingerprint density at radius 1 is 1.16 bits per heavy atom. The highest BCUT2D eigenvalue weighted by atomic mass is 19.1. The number of H-pyrrole nitrogens is 2. The Morgan fingerprint density at radius 2 is 2.00 bits per heavy atom. The van der Waals surface area contributed by atoms with Gasteiger partial charge in [0.2, 0.25) is 0 Å². The number of halogens is 2. The minimum atomic E-state index is -0.506. The molecule has 162 valence electrons. The molecular weight excluding hydrogens is 416 g/mol. The third-order valence-electron chi connectivity index (χ3n) is 5.52. The van der Waals surface area contributed by atoms with Crippen LogP contribution in [0, 0.1) is 11.6 Å². The molecule has 4 aromatic rings. The van der Waals surface area contributed by atoms with Gasteiger partial charge in [0, 0.05) is 24.3 Å². The second-order valence-electron chi connectivity index (χ2n) is 7.88. The predicted octanol–water partition coefficient (Wildman–Crippen LogP) is 3.48. The largest absolute Gasteiger partial charge is 0.381 e. The van der Waals surface area contributed by atoms with Crippen molar-refractivity contribution in [3.8, 4) is 11.4 Å². The van der Waals surface area contributed by atoms with Gasteiger partial charge in [-0.3, -0.25) is 9.59 Å². The molecule has 2 aromatic carbocycles. The van der Waals surface area contributed by atoms with Crippen molar-refractivity contribution in [2.75, 3.05) is 5.32 Å². The van der Waals surface area contributed by atoms with Gasteiger partial charge in [-0.25, -0.2) is 13.8 Å². The molecule has 0 fully saturated rings. The average Bonchev–Trinajstić information content (AvgIpc) is 3.32. The number of imidazole rings is 1. The van der Waals surface area contributed by atoms with Crippen molar-refractivity contribution in [1.82, 2.24) is 20.3 Å². The molecule has 7 nitrogen and oxygen atoms in total.